The summed E-state index contributed by atoms with van der Waals surface area (Å²) in [5.74, 6) is -0.0137. The highest BCUT2D eigenvalue weighted by atomic mass is 16.5. The third kappa shape index (κ3) is 5.74. The first-order chi connectivity index (χ1) is 9.29. The summed E-state index contributed by atoms with van der Waals surface area (Å²) in [6.45, 7) is 6.82. The number of hydrogen-bond donors (Lipinski definition) is 0. The molecule has 1 heterocycles. The Balaban J connectivity index is 0.00000115. The van der Waals surface area contributed by atoms with Crippen LogP contribution in [-0.4, -0.2) is 31.1 Å². The molecule has 0 aromatic heterocycles. The Labute approximate surface area is 123 Å². The van der Waals surface area contributed by atoms with E-state index in [1.165, 1.54) is 12.7 Å². The van der Waals surface area contributed by atoms with Gasteiger partial charge in [0.15, 0.2) is 0 Å². The van der Waals surface area contributed by atoms with E-state index in [0.717, 1.165) is 32.5 Å². The van der Waals surface area contributed by atoms with Gasteiger partial charge in [-0.2, -0.15) is 0 Å². The van der Waals surface area contributed by atoms with E-state index in [0.29, 0.717) is 0 Å². The van der Waals surface area contributed by atoms with E-state index in [1.807, 2.05) is 19.9 Å². The molecule has 0 N–H and O–H groups in total. The number of methoxy groups -OCH3 is 1. The van der Waals surface area contributed by atoms with Crippen molar-refractivity contribution < 1.29 is 9.53 Å². The van der Waals surface area contributed by atoms with Crippen molar-refractivity contribution in [3.63, 3.8) is 0 Å². The zero-order valence-electron chi connectivity index (χ0n) is 12.3. The number of ether oxygens (including phenoxy) is 1. The predicted molar refractivity (Wildman–Crippen MR) is 84.5 cm³/mol. The van der Waals surface area contributed by atoms with Crippen LogP contribution in [0.5, 0.6) is 0 Å². The maximum Gasteiger partial charge on any atom is 0.309 e. The van der Waals surface area contributed by atoms with Gasteiger partial charge in [0.05, 0.1) is 13.0 Å². The van der Waals surface area contributed by atoms with Crippen LogP contribution in [0.3, 0.4) is 0 Å². The number of nitrogens with zero attached hydrogens (tertiary/aromatic N) is 1. The van der Waals surface area contributed by atoms with E-state index in [4.69, 9.17) is 4.74 Å². The van der Waals surface area contributed by atoms with Gasteiger partial charge in [0.1, 0.15) is 0 Å². The predicted octanol–water partition coefficient (Wildman–Crippen LogP) is 3.73. The minimum absolute atomic E-state index is 0. The highest BCUT2D eigenvalue weighted by Gasteiger charge is 2.26. The normalized spacial score (nSPS) is 18.2. The number of rotatable bonds is 3. The standard InChI is InChI=1S/C14H19NO2.C2H6.CH4/c1-17-14(16)13-8-5-9-15(11-13)10-12-6-3-2-4-7-12;1-2;/h2-4,6-7,13H,5,8-11H2,1H3;1-2H3;1H4. The van der Waals surface area contributed by atoms with Crippen LogP contribution in [0.4, 0.5) is 0 Å². The molecule has 20 heavy (non-hydrogen) atoms. The Morgan fingerprint density at radius 2 is 1.95 bits per heavy atom. The van der Waals surface area contributed by atoms with E-state index in [1.54, 1.807) is 0 Å². The molecule has 0 saturated carbocycles. The van der Waals surface area contributed by atoms with Crippen LogP contribution < -0.4 is 0 Å². The lowest BCUT2D eigenvalue weighted by Crippen LogP contribution is -2.38. The molecule has 3 heteroatoms. The third-order valence-corrected chi connectivity index (χ3v) is 3.29. The van der Waals surface area contributed by atoms with Crippen LogP contribution in [0.2, 0.25) is 0 Å². The zero-order chi connectivity index (χ0) is 14.1. The molecule has 1 aromatic carbocycles. The second-order valence-electron chi connectivity index (χ2n) is 4.58. The smallest absolute Gasteiger partial charge is 0.309 e. The average molecular weight is 279 g/mol. The summed E-state index contributed by atoms with van der Waals surface area (Å²) in [4.78, 5) is 13.8. The van der Waals surface area contributed by atoms with Gasteiger partial charge in [-0.05, 0) is 24.9 Å². The largest absolute Gasteiger partial charge is 0.469 e. The van der Waals surface area contributed by atoms with Crippen molar-refractivity contribution in [3.05, 3.63) is 35.9 Å². The van der Waals surface area contributed by atoms with Gasteiger partial charge in [-0.1, -0.05) is 51.6 Å². The van der Waals surface area contributed by atoms with Crippen molar-refractivity contribution in [3.8, 4) is 0 Å². The Kier molecular flexibility index (Phi) is 9.73. The third-order valence-electron chi connectivity index (χ3n) is 3.29. The average Bonchev–Trinajstić information content (AvgIpc) is 2.50. The monoisotopic (exact) mass is 279 g/mol. The summed E-state index contributed by atoms with van der Waals surface area (Å²) in [7, 11) is 1.47. The van der Waals surface area contributed by atoms with Gasteiger partial charge in [0.25, 0.3) is 0 Å². The maximum atomic E-state index is 11.5. The van der Waals surface area contributed by atoms with E-state index >= 15 is 0 Å². The lowest BCUT2D eigenvalue weighted by atomic mass is 9.98. The zero-order valence-corrected chi connectivity index (χ0v) is 12.3. The summed E-state index contributed by atoms with van der Waals surface area (Å²) >= 11 is 0. The lowest BCUT2D eigenvalue weighted by Gasteiger charge is -2.31. The number of carbonyl (C=O) groups is 1. The van der Waals surface area contributed by atoms with Crippen LogP contribution >= 0.6 is 0 Å². The van der Waals surface area contributed by atoms with E-state index in [9.17, 15) is 4.79 Å². The second kappa shape index (κ2) is 10.4. The van der Waals surface area contributed by atoms with Crippen LogP contribution in [0.1, 0.15) is 39.7 Å². The molecular weight excluding hydrogens is 250 g/mol. The maximum absolute atomic E-state index is 11.5. The quantitative estimate of drug-likeness (QED) is 0.790. The molecule has 1 aliphatic heterocycles. The van der Waals surface area contributed by atoms with E-state index in [-0.39, 0.29) is 19.3 Å². The molecule has 0 amide bonds. The first-order valence-corrected chi connectivity index (χ1v) is 7.13. The molecule has 1 unspecified atom stereocenters. The second-order valence-corrected chi connectivity index (χ2v) is 4.58. The molecule has 1 aliphatic rings. The molecule has 0 aliphatic carbocycles. The molecule has 1 fully saturated rings. The van der Waals surface area contributed by atoms with Crippen molar-refractivity contribution in [1.29, 1.82) is 0 Å². The van der Waals surface area contributed by atoms with Gasteiger partial charge in [-0.15, -0.1) is 0 Å². The number of carbonyl (C=O) groups excluding carboxylic acids is 1. The van der Waals surface area contributed by atoms with Crippen molar-refractivity contribution >= 4 is 5.97 Å². The van der Waals surface area contributed by atoms with Crippen molar-refractivity contribution in [2.24, 2.45) is 5.92 Å². The molecule has 1 saturated heterocycles. The summed E-state index contributed by atoms with van der Waals surface area (Å²) in [6, 6.07) is 10.4. The van der Waals surface area contributed by atoms with Gasteiger partial charge >= 0.3 is 5.97 Å². The first kappa shape index (κ1) is 18.7. The molecule has 1 atom stereocenters. The molecule has 3 nitrogen and oxygen atoms in total. The van der Waals surface area contributed by atoms with Gasteiger partial charge in [0, 0.05) is 13.1 Å². The number of hydrogen-bond acceptors (Lipinski definition) is 3. The van der Waals surface area contributed by atoms with E-state index < -0.39 is 0 Å². The molecule has 0 radical (unpaired) electrons. The van der Waals surface area contributed by atoms with Crippen LogP contribution in [-0.2, 0) is 16.1 Å². The lowest BCUT2D eigenvalue weighted by molar-refractivity contribution is -0.147. The topological polar surface area (TPSA) is 29.5 Å². The Morgan fingerprint density at radius 1 is 1.30 bits per heavy atom. The molecule has 1 aromatic rings. The molecule has 0 spiro atoms. The van der Waals surface area contributed by atoms with Gasteiger partial charge < -0.3 is 4.74 Å². The fraction of sp³-hybridized carbons (Fsp3) is 0.588. The van der Waals surface area contributed by atoms with E-state index in [2.05, 4.69) is 29.2 Å². The fourth-order valence-electron chi connectivity index (χ4n) is 2.40. The number of piperidine rings is 1. The Hall–Kier alpha value is -1.35. The highest BCUT2D eigenvalue weighted by Crippen LogP contribution is 2.19. The van der Waals surface area contributed by atoms with Gasteiger partial charge in [-0.25, -0.2) is 0 Å². The Bertz CT molecular complexity index is 365. The molecule has 2 rings (SSSR count). The van der Waals surface area contributed by atoms with Gasteiger partial charge in [-0.3, -0.25) is 9.69 Å². The summed E-state index contributed by atoms with van der Waals surface area (Å²) in [5, 5.41) is 0. The molecule has 114 valence electrons. The van der Waals surface area contributed by atoms with Crippen molar-refractivity contribution in [1.82, 2.24) is 4.90 Å². The summed E-state index contributed by atoms with van der Waals surface area (Å²) in [5.41, 5.74) is 1.30. The van der Waals surface area contributed by atoms with Crippen molar-refractivity contribution in [2.45, 2.75) is 40.7 Å². The Morgan fingerprint density at radius 3 is 2.55 bits per heavy atom. The van der Waals surface area contributed by atoms with Crippen molar-refractivity contribution in [2.75, 3.05) is 20.2 Å². The molecule has 0 bridgehead atoms. The molecular formula is C17H29NO2. The fourth-order valence-corrected chi connectivity index (χ4v) is 2.40. The highest BCUT2D eigenvalue weighted by molar-refractivity contribution is 5.72. The minimum Gasteiger partial charge on any atom is -0.469 e. The number of likely N-dealkylation sites (tertiary alicyclic amines) is 1. The number of benzene rings is 1. The first-order valence-electron chi connectivity index (χ1n) is 7.13. The SMILES string of the molecule is C.CC.COC(=O)C1CCCN(Cc2ccccc2)C1. The van der Waals surface area contributed by atoms with Crippen LogP contribution in [0.15, 0.2) is 30.3 Å². The van der Waals surface area contributed by atoms with Crippen LogP contribution in [0.25, 0.3) is 0 Å². The summed E-state index contributed by atoms with van der Waals surface area (Å²) < 4.78 is 4.82. The summed E-state index contributed by atoms with van der Waals surface area (Å²) in [6.07, 6.45) is 2.03. The number of esters is 1. The van der Waals surface area contributed by atoms with Gasteiger partial charge in [0.2, 0.25) is 0 Å². The van der Waals surface area contributed by atoms with Crippen LogP contribution in [0, 0.1) is 5.92 Å². The minimum atomic E-state index is -0.0669.